The average molecular weight is 374 g/mol. The number of benzene rings is 1. The second kappa shape index (κ2) is 7.43. The smallest absolute Gasteiger partial charge is 0.241 e. The molecule has 2 heterocycles. The van der Waals surface area contributed by atoms with Crippen LogP contribution in [0.4, 0.5) is 0 Å². The third kappa shape index (κ3) is 3.86. The van der Waals surface area contributed by atoms with E-state index in [0.717, 1.165) is 11.2 Å². The number of pyridine rings is 1. The van der Waals surface area contributed by atoms with E-state index in [1.54, 1.807) is 18.3 Å². The molecule has 0 fully saturated rings. The van der Waals surface area contributed by atoms with E-state index in [2.05, 4.69) is 28.5 Å². The minimum Gasteiger partial charge on any atom is -0.497 e. The largest absolute Gasteiger partial charge is 0.497 e. The second-order valence-corrected chi connectivity index (χ2v) is 8.15. The Morgan fingerprint density at radius 3 is 2.77 bits per heavy atom. The third-order valence-electron chi connectivity index (χ3n) is 3.90. The number of aromatic nitrogens is 3. The highest BCUT2D eigenvalue weighted by Gasteiger charge is 2.18. The van der Waals surface area contributed by atoms with Gasteiger partial charge in [0, 0.05) is 18.8 Å². The number of sulfonamides is 1. The predicted octanol–water partition coefficient (Wildman–Crippen LogP) is 2.57. The molecule has 0 aliphatic rings. The molecule has 0 saturated carbocycles. The summed E-state index contributed by atoms with van der Waals surface area (Å²) in [6.07, 6.45) is 1.71. The molecular formula is C18H22N4O3S. The molecule has 0 amide bonds. The van der Waals surface area contributed by atoms with Crippen LogP contribution < -0.4 is 9.46 Å². The Hall–Kier alpha value is -2.45. The fourth-order valence-corrected chi connectivity index (χ4v) is 3.72. The Kier molecular flexibility index (Phi) is 5.24. The monoisotopic (exact) mass is 374 g/mol. The lowest BCUT2D eigenvalue weighted by Gasteiger charge is -2.12. The molecule has 0 radical (unpaired) electrons. The molecule has 0 unspecified atom stereocenters. The highest BCUT2D eigenvalue weighted by Crippen LogP contribution is 2.19. The zero-order valence-electron chi connectivity index (χ0n) is 15.0. The summed E-state index contributed by atoms with van der Waals surface area (Å²) in [6, 6.07) is 10.1. The van der Waals surface area contributed by atoms with E-state index in [0.29, 0.717) is 24.0 Å². The van der Waals surface area contributed by atoms with Crippen molar-refractivity contribution in [1.29, 1.82) is 0 Å². The van der Waals surface area contributed by atoms with E-state index in [-0.39, 0.29) is 11.4 Å². The minimum absolute atomic E-state index is 0.0859. The first kappa shape index (κ1) is 18.3. The summed E-state index contributed by atoms with van der Waals surface area (Å²) in [4.78, 5) is 9.09. The summed E-state index contributed by atoms with van der Waals surface area (Å²) >= 11 is 0. The van der Waals surface area contributed by atoms with Gasteiger partial charge in [0.1, 0.15) is 17.1 Å². The van der Waals surface area contributed by atoms with Crippen molar-refractivity contribution in [2.75, 3.05) is 7.11 Å². The van der Waals surface area contributed by atoms with E-state index in [1.807, 2.05) is 16.7 Å². The summed E-state index contributed by atoms with van der Waals surface area (Å²) in [7, 11) is -2.18. The molecule has 3 rings (SSSR count). The first-order valence-corrected chi connectivity index (χ1v) is 9.83. The molecule has 0 aliphatic carbocycles. The number of ether oxygens (including phenoxy) is 1. The van der Waals surface area contributed by atoms with Crippen LogP contribution in [-0.4, -0.2) is 30.1 Å². The lowest BCUT2D eigenvalue weighted by Crippen LogP contribution is -2.25. The van der Waals surface area contributed by atoms with Gasteiger partial charge in [-0.25, -0.2) is 23.1 Å². The Morgan fingerprint density at radius 2 is 2.04 bits per heavy atom. The molecule has 26 heavy (non-hydrogen) atoms. The van der Waals surface area contributed by atoms with Crippen LogP contribution in [0.1, 0.15) is 19.7 Å². The normalized spacial score (nSPS) is 12.0. The lowest BCUT2D eigenvalue weighted by atomic mass is 10.2. The van der Waals surface area contributed by atoms with E-state index in [1.165, 1.54) is 19.2 Å². The molecule has 2 aromatic heterocycles. The Balaban J connectivity index is 1.89. The molecule has 138 valence electrons. The summed E-state index contributed by atoms with van der Waals surface area (Å²) < 4.78 is 34.9. The van der Waals surface area contributed by atoms with Crippen LogP contribution in [0.15, 0.2) is 47.5 Å². The van der Waals surface area contributed by atoms with Gasteiger partial charge in [0.2, 0.25) is 10.0 Å². The fraction of sp³-hybridized carbons (Fsp3) is 0.333. The van der Waals surface area contributed by atoms with E-state index < -0.39 is 10.0 Å². The standard InChI is InChI=1S/C18H22N4O3S/c1-13(2)12-22-17(21-16-8-5-9-19-18(16)22)11-20-26(23,24)15-7-4-6-14(10-15)25-3/h4-10,13,20H,11-12H2,1-3H3. The van der Waals surface area contributed by atoms with Crippen LogP contribution >= 0.6 is 0 Å². The zero-order valence-corrected chi connectivity index (χ0v) is 15.8. The van der Waals surface area contributed by atoms with Crippen molar-refractivity contribution in [3.8, 4) is 5.75 Å². The number of rotatable bonds is 7. The fourth-order valence-electron chi connectivity index (χ4n) is 2.71. The van der Waals surface area contributed by atoms with Gasteiger partial charge in [-0.05, 0) is 30.2 Å². The molecule has 1 aromatic carbocycles. The van der Waals surface area contributed by atoms with E-state index >= 15 is 0 Å². The quantitative estimate of drug-likeness (QED) is 0.687. The third-order valence-corrected chi connectivity index (χ3v) is 5.30. The molecule has 0 aliphatic heterocycles. The van der Waals surface area contributed by atoms with Crippen LogP contribution in [0.3, 0.4) is 0 Å². The number of nitrogens with zero attached hydrogens (tertiary/aromatic N) is 3. The SMILES string of the molecule is COc1cccc(S(=O)(=O)NCc2nc3cccnc3n2CC(C)C)c1. The van der Waals surface area contributed by atoms with Crippen LogP contribution in [0.25, 0.3) is 11.2 Å². The molecule has 0 spiro atoms. The van der Waals surface area contributed by atoms with Crippen molar-refractivity contribution >= 4 is 21.2 Å². The second-order valence-electron chi connectivity index (χ2n) is 6.38. The van der Waals surface area contributed by atoms with Gasteiger partial charge < -0.3 is 9.30 Å². The van der Waals surface area contributed by atoms with Gasteiger partial charge in [-0.1, -0.05) is 19.9 Å². The number of imidazole rings is 1. The van der Waals surface area contributed by atoms with Gasteiger partial charge in [0.05, 0.1) is 18.6 Å². The van der Waals surface area contributed by atoms with E-state index in [4.69, 9.17) is 4.74 Å². The molecular weight excluding hydrogens is 352 g/mol. The van der Waals surface area contributed by atoms with Crippen molar-refractivity contribution in [2.45, 2.75) is 31.8 Å². The van der Waals surface area contributed by atoms with Crippen LogP contribution in [0.2, 0.25) is 0 Å². The molecule has 1 N–H and O–H groups in total. The summed E-state index contributed by atoms with van der Waals surface area (Å²) in [5.41, 5.74) is 1.51. The number of hydrogen-bond acceptors (Lipinski definition) is 5. The van der Waals surface area contributed by atoms with Gasteiger partial charge in [-0.3, -0.25) is 0 Å². The predicted molar refractivity (Wildman–Crippen MR) is 99.4 cm³/mol. The van der Waals surface area contributed by atoms with Gasteiger partial charge >= 0.3 is 0 Å². The maximum absolute atomic E-state index is 12.6. The van der Waals surface area contributed by atoms with Crippen molar-refractivity contribution in [1.82, 2.24) is 19.3 Å². The first-order chi connectivity index (χ1) is 12.4. The Morgan fingerprint density at radius 1 is 1.23 bits per heavy atom. The highest BCUT2D eigenvalue weighted by molar-refractivity contribution is 7.89. The van der Waals surface area contributed by atoms with Crippen molar-refractivity contribution < 1.29 is 13.2 Å². The van der Waals surface area contributed by atoms with Crippen molar-refractivity contribution in [3.63, 3.8) is 0 Å². The van der Waals surface area contributed by atoms with Crippen LogP contribution in [-0.2, 0) is 23.1 Å². The maximum Gasteiger partial charge on any atom is 0.241 e. The number of nitrogens with one attached hydrogen (secondary N) is 1. The van der Waals surface area contributed by atoms with Crippen LogP contribution in [0.5, 0.6) is 5.75 Å². The molecule has 3 aromatic rings. The molecule has 8 heteroatoms. The van der Waals surface area contributed by atoms with Gasteiger partial charge in [0.15, 0.2) is 5.65 Å². The Bertz CT molecular complexity index is 1010. The first-order valence-electron chi connectivity index (χ1n) is 8.34. The number of hydrogen-bond donors (Lipinski definition) is 1. The zero-order chi connectivity index (χ0) is 18.7. The molecule has 0 saturated heterocycles. The lowest BCUT2D eigenvalue weighted by molar-refractivity contribution is 0.413. The van der Waals surface area contributed by atoms with Crippen molar-refractivity contribution in [2.24, 2.45) is 5.92 Å². The molecule has 7 nitrogen and oxygen atoms in total. The number of methoxy groups -OCH3 is 1. The molecule has 0 bridgehead atoms. The summed E-state index contributed by atoms with van der Waals surface area (Å²) in [6.45, 7) is 4.99. The number of fused-ring (bicyclic) bond motifs is 1. The van der Waals surface area contributed by atoms with Crippen LogP contribution in [0, 0.1) is 5.92 Å². The minimum atomic E-state index is -3.68. The van der Waals surface area contributed by atoms with E-state index in [9.17, 15) is 8.42 Å². The summed E-state index contributed by atoms with van der Waals surface area (Å²) in [5, 5.41) is 0. The average Bonchev–Trinajstić information content (AvgIpc) is 2.97. The summed E-state index contributed by atoms with van der Waals surface area (Å²) in [5.74, 6) is 1.51. The topological polar surface area (TPSA) is 86.1 Å². The highest BCUT2D eigenvalue weighted by atomic mass is 32.2. The van der Waals surface area contributed by atoms with Gasteiger partial charge in [-0.2, -0.15) is 0 Å². The van der Waals surface area contributed by atoms with Gasteiger partial charge in [0.25, 0.3) is 0 Å². The molecule has 0 atom stereocenters. The van der Waals surface area contributed by atoms with Gasteiger partial charge in [-0.15, -0.1) is 0 Å². The van der Waals surface area contributed by atoms with Crippen molar-refractivity contribution in [3.05, 3.63) is 48.4 Å². The Labute approximate surface area is 153 Å². The maximum atomic E-state index is 12.6.